The molecule has 4 aliphatic carbocycles. The standard InChI is InChI=1S/C21H32O2/c1-12-9-13-10-14(22)5-6-15(13)16-7-8-21(4)17(18(12)16)11-20(2,3)19(21)23/h10,12,15-19,23H,5-9,11H2,1-4H3/t12-,15+,16-,17-,18-,19-,21+/m1/s1. The first-order valence-electron chi connectivity index (χ1n) is 9.65. The molecule has 0 aromatic carbocycles. The highest BCUT2D eigenvalue weighted by Gasteiger charge is 2.62. The van der Waals surface area contributed by atoms with Crippen LogP contribution in [0.15, 0.2) is 11.6 Å². The Kier molecular flexibility index (Phi) is 3.41. The van der Waals surface area contributed by atoms with Crippen LogP contribution in [0.1, 0.15) is 66.2 Å². The molecular formula is C21H32O2. The van der Waals surface area contributed by atoms with Crippen LogP contribution in [-0.2, 0) is 4.79 Å². The molecule has 3 saturated carbocycles. The van der Waals surface area contributed by atoms with Crippen molar-refractivity contribution >= 4 is 5.78 Å². The van der Waals surface area contributed by atoms with Crippen molar-refractivity contribution < 1.29 is 9.90 Å². The molecule has 2 nitrogen and oxygen atoms in total. The van der Waals surface area contributed by atoms with E-state index in [0.29, 0.717) is 23.5 Å². The Morgan fingerprint density at radius 3 is 2.70 bits per heavy atom. The third kappa shape index (κ3) is 2.13. The molecule has 4 rings (SSSR count). The normalized spacial score (nSPS) is 51.5. The highest BCUT2D eigenvalue weighted by atomic mass is 16.3. The molecule has 128 valence electrons. The second-order valence-electron chi connectivity index (χ2n) is 10.00. The molecule has 0 saturated heterocycles. The summed E-state index contributed by atoms with van der Waals surface area (Å²) in [7, 11) is 0. The maximum atomic E-state index is 11.8. The van der Waals surface area contributed by atoms with E-state index in [-0.39, 0.29) is 16.9 Å². The van der Waals surface area contributed by atoms with Gasteiger partial charge in [-0.15, -0.1) is 0 Å². The molecule has 0 bridgehead atoms. The maximum Gasteiger partial charge on any atom is 0.155 e. The topological polar surface area (TPSA) is 37.3 Å². The number of aliphatic hydroxyl groups is 1. The van der Waals surface area contributed by atoms with Gasteiger partial charge in [-0.3, -0.25) is 4.79 Å². The molecule has 2 heteroatoms. The van der Waals surface area contributed by atoms with Gasteiger partial charge in [-0.25, -0.2) is 0 Å². The monoisotopic (exact) mass is 316 g/mol. The van der Waals surface area contributed by atoms with E-state index in [1.54, 1.807) is 0 Å². The first-order chi connectivity index (χ1) is 10.7. The summed E-state index contributed by atoms with van der Waals surface area (Å²) < 4.78 is 0. The van der Waals surface area contributed by atoms with Crippen molar-refractivity contribution in [1.82, 2.24) is 0 Å². The van der Waals surface area contributed by atoms with Crippen LogP contribution >= 0.6 is 0 Å². The molecule has 7 atom stereocenters. The first-order valence-corrected chi connectivity index (χ1v) is 9.65. The van der Waals surface area contributed by atoms with Gasteiger partial charge in [0.2, 0.25) is 0 Å². The van der Waals surface area contributed by atoms with Crippen LogP contribution in [0.25, 0.3) is 0 Å². The molecule has 0 spiro atoms. The molecule has 4 aliphatic rings. The maximum absolute atomic E-state index is 11.8. The molecule has 0 amide bonds. The minimum absolute atomic E-state index is 0.0483. The third-order valence-electron chi connectivity index (χ3n) is 8.19. The van der Waals surface area contributed by atoms with E-state index >= 15 is 0 Å². The summed E-state index contributed by atoms with van der Waals surface area (Å²) >= 11 is 0. The fourth-order valence-electron chi connectivity index (χ4n) is 7.24. The SMILES string of the molecule is C[C@@H]1CC2=CC(=O)CC[C@@H]2[C@H]2CC[C@@]3(C)[C@H](CC(C)(C)[C@H]3O)[C@@H]21. The molecule has 0 radical (unpaired) electrons. The second kappa shape index (κ2) is 4.94. The highest BCUT2D eigenvalue weighted by Crippen LogP contribution is 2.66. The van der Waals surface area contributed by atoms with Crippen LogP contribution < -0.4 is 0 Å². The number of allylic oxidation sites excluding steroid dienone is 1. The highest BCUT2D eigenvalue weighted by molar-refractivity contribution is 5.91. The zero-order valence-electron chi connectivity index (χ0n) is 15.1. The van der Waals surface area contributed by atoms with Gasteiger partial charge in [0.25, 0.3) is 0 Å². The van der Waals surface area contributed by atoms with Crippen LogP contribution in [0, 0.1) is 40.4 Å². The van der Waals surface area contributed by atoms with Crippen LogP contribution in [0.4, 0.5) is 0 Å². The molecule has 0 aromatic heterocycles. The summed E-state index contributed by atoms with van der Waals surface area (Å²) in [6, 6.07) is 0. The van der Waals surface area contributed by atoms with Crippen molar-refractivity contribution in [3.63, 3.8) is 0 Å². The Morgan fingerprint density at radius 2 is 1.96 bits per heavy atom. The van der Waals surface area contributed by atoms with Crippen LogP contribution in [0.3, 0.4) is 0 Å². The number of hydrogen-bond donors (Lipinski definition) is 1. The molecule has 0 unspecified atom stereocenters. The summed E-state index contributed by atoms with van der Waals surface area (Å²) in [6.45, 7) is 9.27. The Labute approximate surface area is 140 Å². The number of fused-ring (bicyclic) bond motifs is 5. The predicted octanol–water partition coefficient (Wildman–Crippen LogP) is 4.37. The summed E-state index contributed by atoms with van der Waals surface area (Å²) in [4.78, 5) is 11.8. The number of rotatable bonds is 0. The van der Waals surface area contributed by atoms with E-state index < -0.39 is 0 Å². The van der Waals surface area contributed by atoms with E-state index in [1.807, 2.05) is 6.08 Å². The van der Waals surface area contributed by atoms with Crippen LogP contribution in [0.2, 0.25) is 0 Å². The van der Waals surface area contributed by atoms with Gasteiger partial charge in [0, 0.05) is 6.42 Å². The van der Waals surface area contributed by atoms with E-state index in [0.717, 1.165) is 37.5 Å². The average molecular weight is 316 g/mol. The lowest BCUT2D eigenvalue weighted by atomic mass is 9.49. The van der Waals surface area contributed by atoms with E-state index in [4.69, 9.17) is 0 Å². The van der Waals surface area contributed by atoms with Crippen molar-refractivity contribution in [3.05, 3.63) is 11.6 Å². The number of aliphatic hydroxyl groups excluding tert-OH is 1. The number of ketones is 1. The molecule has 0 heterocycles. The first kappa shape index (κ1) is 15.9. The van der Waals surface area contributed by atoms with Gasteiger partial charge in [0.15, 0.2) is 5.78 Å². The molecular weight excluding hydrogens is 284 g/mol. The second-order valence-corrected chi connectivity index (χ2v) is 10.00. The molecule has 3 fully saturated rings. The predicted molar refractivity (Wildman–Crippen MR) is 91.8 cm³/mol. The van der Waals surface area contributed by atoms with Crippen molar-refractivity contribution in [2.24, 2.45) is 40.4 Å². The largest absolute Gasteiger partial charge is 0.392 e. The lowest BCUT2D eigenvalue weighted by Crippen LogP contribution is -2.50. The molecule has 1 N–H and O–H groups in total. The summed E-state index contributed by atoms with van der Waals surface area (Å²) in [5.41, 5.74) is 1.61. The minimum Gasteiger partial charge on any atom is -0.392 e. The average Bonchev–Trinajstić information content (AvgIpc) is 2.66. The van der Waals surface area contributed by atoms with Crippen molar-refractivity contribution in [1.29, 1.82) is 0 Å². The fraction of sp³-hybridized carbons (Fsp3) is 0.857. The van der Waals surface area contributed by atoms with Gasteiger partial charge < -0.3 is 5.11 Å². The van der Waals surface area contributed by atoms with Gasteiger partial charge in [-0.05, 0) is 78.6 Å². The van der Waals surface area contributed by atoms with Gasteiger partial charge in [-0.2, -0.15) is 0 Å². The minimum atomic E-state index is -0.168. The Hall–Kier alpha value is -0.630. The number of hydrogen-bond acceptors (Lipinski definition) is 2. The third-order valence-corrected chi connectivity index (χ3v) is 8.19. The summed E-state index contributed by atoms with van der Waals surface area (Å²) in [5.74, 6) is 3.79. The van der Waals surface area contributed by atoms with Crippen molar-refractivity contribution in [2.45, 2.75) is 72.3 Å². The van der Waals surface area contributed by atoms with Gasteiger partial charge in [-0.1, -0.05) is 33.3 Å². The van der Waals surface area contributed by atoms with Crippen molar-refractivity contribution in [3.8, 4) is 0 Å². The van der Waals surface area contributed by atoms with Gasteiger partial charge >= 0.3 is 0 Å². The fourth-order valence-corrected chi connectivity index (χ4v) is 7.24. The number of carbonyl (C=O) groups excluding carboxylic acids is 1. The lowest BCUT2D eigenvalue weighted by molar-refractivity contribution is -0.116. The van der Waals surface area contributed by atoms with Crippen LogP contribution in [0.5, 0.6) is 0 Å². The Balaban J connectivity index is 1.70. The number of carbonyl (C=O) groups is 1. The van der Waals surface area contributed by atoms with Gasteiger partial charge in [0.1, 0.15) is 0 Å². The molecule has 23 heavy (non-hydrogen) atoms. The summed E-state index contributed by atoms with van der Waals surface area (Å²) in [6.07, 6.45) is 8.33. The van der Waals surface area contributed by atoms with Crippen molar-refractivity contribution in [2.75, 3.05) is 0 Å². The Morgan fingerprint density at radius 1 is 1.22 bits per heavy atom. The molecule has 0 aliphatic heterocycles. The Bertz CT molecular complexity index is 560. The van der Waals surface area contributed by atoms with Crippen LogP contribution in [-0.4, -0.2) is 17.0 Å². The van der Waals surface area contributed by atoms with E-state index in [1.165, 1.54) is 18.4 Å². The van der Waals surface area contributed by atoms with E-state index in [9.17, 15) is 9.90 Å². The quantitative estimate of drug-likeness (QED) is 0.720. The zero-order valence-corrected chi connectivity index (χ0v) is 15.1. The van der Waals surface area contributed by atoms with E-state index in [2.05, 4.69) is 27.7 Å². The lowest BCUT2D eigenvalue weighted by Gasteiger charge is -2.55. The van der Waals surface area contributed by atoms with Gasteiger partial charge in [0.05, 0.1) is 6.10 Å². The molecule has 0 aromatic rings. The summed E-state index contributed by atoms with van der Waals surface area (Å²) in [5, 5.41) is 11.0. The smallest absolute Gasteiger partial charge is 0.155 e. The zero-order chi connectivity index (χ0) is 16.6.